The standard InChI is InChI=1S/C14H23BrN2O2S/c1-4-7-16-11-12-10-13(15)5-6-14(12)17(2)8-9-20(3,18)19/h5-6,10,16H,4,7-9,11H2,1-3H3. The summed E-state index contributed by atoms with van der Waals surface area (Å²) in [6, 6.07) is 6.08. The maximum atomic E-state index is 11.3. The lowest BCUT2D eigenvalue weighted by molar-refractivity contribution is 0.601. The van der Waals surface area contributed by atoms with Crippen LogP contribution in [-0.4, -0.2) is 40.6 Å². The van der Waals surface area contributed by atoms with Gasteiger partial charge in [0.25, 0.3) is 0 Å². The number of hydrogen-bond donors (Lipinski definition) is 1. The van der Waals surface area contributed by atoms with Crippen molar-refractivity contribution < 1.29 is 8.42 Å². The minimum Gasteiger partial charge on any atom is -0.373 e. The number of hydrogen-bond acceptors (Lipinski definition) is 4. The molecule has 0 unspecified atom stereocenters. The van der Waals surface area contributed by atoms with Crippen molar-refractivity contribution in [2.24, 2.45) is 0 Å². The van der Waals surface area contributed by atoms with Gasteiger partial charge < -0.3 is 10.2 Å². The van der Waals surface area contributed by atoms with Crippen molar-refractivity contribution in [2.75, 3.05) is 37.0 Å². The van der Waals surface area contributed by atoms with E-state index >= 15 is 0 Å². The van der Waals surface area contributed by atoms with Crippen LogP contribution in [0.25, 0.3) is 0 Å². The highest BCUT2D eigenvalue weighted by molar-refractivity contribution is 9.10. The fourth-order valence-corrected chi connectivity index (χ4v) is 2.91. The van der Waals surface area contributed by atoms with Crippen LogP contribution in [-0.2, 0) is 16.4 Å². The zero-order valence-electron chi connectivity index (χ0n) is 12.3. The summed E-state index contributed by atoms with van der Waals surface area (Å²) in [6.07, 6.45) is 2.36. The second-order valence-corrected chi connectivity index (χ2v) is 8.18. The molecule has 0 bridgehead atoms. The molecule has 0 fully saturated rings. The van der Waals surface area contributed by atoms with E-state index in [1.54, 1.807) is 0 Å². The van der Waals surface area contributed by atoms with Gasteiger partial charge in [0.15, 0.2) is 0 Å². The Morgan fingerprint density at radius 1 is 1.35 bits per heavy atom. The molecule has 1 aromatic carbocycles. The van der Waals surface area contributed by atoms with Crippen molar-refractivity contribution in [1.29, 1.82) is 0 Å². The summed E-state index contributed by atoms with van der Waals surface area (Å²) in [5.41, 5.74) is 2.24. The van der Waals surface area contributed by atoms with Crippen LogP contribution in [0.5, 0.6) is 0 Å². The first-order valence-electron chi connectivity index (χ1n) is 6.71. The number of anilines is 1. The fourth-order valence-electron chi connectivity index (χ4n) is 1.89. The topological polar surface area (TPSA) is 49.4 Å². The molecule has 0 radical (unpaired) electrons. The van der Waals surface area contributed by atoms with E-state index in [0.29, 0.717) is 6.54 Å². The van der Waals surface area contributed by atoms with Gasteiger partial charge in [0.05, 0.1) is 5.75 Å². The van der Waals surface area contributed by atoms with E-state index in [1.165, 1.54) is 11.8 Å². The second-order valence-electron chi connectivity index (χ2n) is 5.00. The van der Waals surface area contributed by atoms with Gasteiger partial charge in [-0.25, -0.2) is 8.42 Å². The predicted molar refractivity (Wildman–Crippen MR) is 89.1 cm³/mol. The number of sulfone groups is 1. The van der Waals surface area contributed by atoms with Crippen LogP contribution in [0.4, 0.5) is 5.69 Å². The molecule has 1 rings (SSSR count). The Morgan fingerprint density at radius 2 is 2.05 bits per heavy atom. The van der Waals surface area contributed by atoms with Gasteiger partial charge in [0.2, 0.25) is 0 Å². The molecule has 4 nitrogen and oxygen atoms in total. The molecular weight excluding hydrogens is 340 g/mol. The normalized spacial score (nSPS) is 11.6. The van der Waals surface area contributed by atoms with Crippen molar-refractivity contribution in [2.45, 2.75) is 19.9 Å². The Bertz CT molecular complexity index is 532. The maximum absolute atomic E-state index is 11.3. The third-order valence-electron chi connectivity index (χ3n) is 2.99. The lowest BCUT2D eigenvalue weighted by atomic mass is 10.1. The smallest absolute Gasteiger partial charge is 0.149 e. The summed E-state index contributed by atoms with van der Waals surface area (Å²) >= 11 is 3.48. The molecule has 0 aliphatic rings. The molecule has 6 heteroatoms. The Kier molecular flexibility index (Phi) is 6.99. The summed E-state index contributed by atoms with van der Waals surface area (Å²) in [5, 5.41) is 3.38. The highest BCUT2D eigenvalue weighted by Crippen LogP contribution is 2.24. The van der Waals surface area contributed by atoms with Crippen LogP contribution >= 0.6 is 15.9 Å². The molecule has 20 heavy (non-hydrogen) atoms. The fraction of sp³-hybridized carbons (Fsp3) is 0.571. The van der Waals surface area contributed by atoms with Crippen molar-refractivity contribution in [3.63, 3.8) is 0 Å². The van der Waals surface area contributed by atoms with Crippen LogP contribution < -0.4 is 10.2 Å². The van der Waals surface area contributed by atoms with Crippen molar-refractivity contribution >= 4 is 31.5 Å². The molecule has 0 atom stereocenters. The average molecular weight is 363 g/mol. The monoisotopic (exact) mass is 362 g/mol. The molecule has 0 saturated heterocycles. The molecule has 0 saturated carbocycles. The summed E-state index contributed by atoms with van der Waals surface area (Å²) in [4.78, 5) is 2.00. The summed E-state index contributed by atoms with van der Waals surface area (Å²) in [7, 11) is -1.01. The van der Waals surface area contributed by atoms with Crippen molar-refractivity contribution in [3.8, 4) is 0 Å². The molecular formula is C14H23BrN2O2S. The lowest BCUT2D eigenvalue weighted by Gasteiger charge is -2.22. The maximum Gasteiger partial charge on any atom is 0.149 e. The SMILES string of the molecule is CCCNCc1cc(Br)ccc1N(C)CCS(C)(=O)=O. The van der Waals surface area contributed by atoms with Gasteiger partial charge in [0, 0.05) is 36.6 Å². The first kappa shape index (κ1) is 17.5. The highest BCUT2D eigenvalue weighted by Gasteiger charge is 2.10. The zero-order chi connectivity index (χ0) is 15.2. The molecule has 0 spiro atoms. The Morgan fingerprint density at radius 3 is 2.65 bits per heavy atom. The molecule has 0 aliphatic carbocycles. The number of nitrogens with one attached hydrogen (secondary N) is 1. The van der Waals surface area contributed by atoms with Gasteiger partial charge in [-0.15, -0.1) is 0 Å². The van der Waals surface area contributed by atoms with Crippen LogP contribution in [0.1, 0.15) is 18.9 Å². The highest BCUT2D eigenvalue weighted by atomic mass is 79.9. The second kappa shape index (κ2) is 8.00. The summed E-state index contributed by atoms with van der Waals surface area (Å²) in [6.45, 7) is 4.39. The van der Waals surface area contributed by atoms with Gasteiger partial charge in [-0.2, -0.15) is 0 Å². The van der Waals surface area contributed by atoms with Crippen molar-refractivity contribution in [3.05, 3.63) is 28.2 Å². The summed E-state index contributed by atoms with van der Waals surface area (Å²) < 4.78 is 23.6. The van der Waals surface area contributed by atoms with Crippen molar-refractivity contribution in [1.82, 2.24) is 5.32 Å². The van der Waals surface area contributed by atoms with E-state index in [9.17, 15) is 8.42 Å². The first-order chi connectivity index (χ1) is 9.33. The lowest BCUT2D eigenvalue weighted by Crippen LogP contribution is -2.26. The van der Waals surface area contributed by atoms with Gasteiger partial charge >= 0.3 is 0 Å². The minimum absolute atomic E-state index is 0.168. The van der Waals surface area contributed by atoms with E-state index in [4.69, 9.17) is 0 Å². The molecule has 0 aromatic heterocycles. The Labute approximate surface area is 130 Å². The van der Waals surface area contributed by atoms with Gasteiger partial charge in [0.1, 0.15) is 9.84 Å². The Hall–Kier alpha value is -0.590. The molecule has 0 aliphatic heterocycles. The van der Waals surface area contributed by atoms with Crippen LogP contribution in [0.15, 0.2) is 22.7 Å². The molecule has 0 heterocycles. The minimum atomic E-state index is -2.94. The number of nitrogens with zero attached hydrogens (tertiary/aromatic N) is 1. The van der Waals surface area contributed by atoms with E-state index in [0.717, 1.165) is 29.7 Å². The summed E-state index contributed by atoms with van der Waals surface area (Å²) in [5.74, 6) is 0.168. The van der Waals surface area contributed by atoms with E-state index < -0.39 is 9.84 Å². The predicted octanol–water partition coefficient (Wildman–Crippen LogP) is 2.43. The average Bonchev–Trinajstić information content (AvgIpc) is 2.36. The molecule has 114 valence electrons. The number of halogens is 1. The van der Waals surface area contributed by atoms with Gasteiger partial charge in [-0.05, 0) is 36.7 Å². The molecule has 0 amide bonds. The quantitative estimate of drug-likeness (QED) is 0.721. The zero-order valence-corrected chi connectivity index (χ0v) is 14.7. The van der Waals surface area contributed by atoms with Crippen LogP contribution in [0, 0.1) is 0 Å². The third-order valence-corrected chi connectivity index (χ3v) is 4.41. The number of rotatable bonds is 8. The first-order valence-corrected chi connectivity index (χ1v) is 9.57. The Balaban J connectivity index is 2.81. The van der Waals surface area contributed by atoms with E-state index in [-0.39, 0.29) is 5.75 Å². The van der Waals surface area contributed by atoms with Gasteiger partial charge in [-0.1, -0.05) is 22.9 Å². The van der Waals surface area contributed by atoms with Crippen LogP contribution in [0.2, 0.25) is 0 Å². The van der Waals surface area contributed by atoms with E-state index in [2.05, 4.69) is 34.2 Å². The third kappa shape index (κ3) is 6.24. The van der Waals surface area contributed by atoms with E-state index in [1.807, 2.05) is 24.1 Å². The van der Waals surface area contributed by atoms with Crippen LogP contribution in [0.3, 0.4) is 0 Å². The molecule has 1 N–H and O–H groups in total. The van der Waals surface area contributed by atoms with Gasteiger partial charge in [-0.3, -0.25) is 0 Å². The number of benzene rings is 1. The largest absolute Gasteiger partial charge is 0.373 e. The molecule has 1 aromatic rings.